The lowest BCUT2D eigenvalue weighted by Crippen LogP contribution is -2.62. The van der Waals surface area contributed by atoms with Gasteiger partial charge in [0, 0.05) is 24.7 Å². The third-order valence-electron chi connectivity index (χ3n) is 4.42. The fourth-order valence-corrected chi connectivity index (χ4v) is 3.06. The number of rotatable bonds is 0. The molecule has 3 heterocycles. The standard InChI is InChI=1S/C14H26N2O/c1-13(2,3)16-8-10-6-7-11(15-12(10)17)14(4,5)9-16/h10-11H,6-9H2,1-5H3,(H,15,17). The first-order valence-corrected chi connectivity index (χ1v) is 6.75. The highest BCUT2D eigenvalue weighted by Gasteiger charge is 2.43. The van der Waals surface area contributed by atoms with Gasteiger partial charge in [0.1, 0.15) is 0 Å². The Kier molecular flexibility index (Phi) is 3.01. The highest BCUT2D eigenvalue weighted by molar-refractivity contribution is 5.80. The molecular formula is C14H26N2O. The summed E-state index contributed by atoms with van der Waals surface area (Å²) < 4.78 is 0. The van der Waals surface area contributed by atoms with Gasteiger partial charge in [-0.3, -0.25) is 9.69 Å². The Labute approximate surface area is 105 Å². The summed E-state index contributed by atoms with van der Waals surface area (Å²) in [6.45, 7) is 13.3. The first kappa shape index (κ1) is 12.9. The van der Waals surface area contributed by atoms with E-state index in [1.807, 2.05) is 0 Å². The number of carbonyl (C=O) groups is 1. The molecule has 1 N–H and O–H groups in total. The van der Waals surface area contributed by atoms with Gasteiger partial charge in [0.15, 0.2) is 0 Å². The van der Waals surface area contributed by atoms with Crippen molar-refractivity contribution in [1.82, 2.24) is 10.2 Å². The van der Waals surface area contributed by atoms with E-state index >= 15 is 0 Å². The highest BCUT2D eigenvalue weighted by Crippen LogP contribution is 2.35. The van der Waals surface area contributed by atoms with Gasteiger partial charge in [-0.25, -0.2) is 0 Å². The maximum atomic E-state index is 12.1. The van der Waals surface area contributed by atoms with Crippen LogP contribution in [0.5, 0.6) is 0 Å². The number of fused-ring (bicyclic) bond motifs is 5. The third kappa shape index (κ3) is 2.49. The second-order valence-electron chi connectivity index (χ2n) is 7.38. The Balaban J connectivity index is 2.27. The van der Waals surface area contributed by atoms with Crippen molar-refractivity contribution in [1.29, 1.82) is 0 Å². The lowest BCUT2D eigenvalue weighted by atomic mass is 9.74. The monoisotopic (exact) mass is 238 g/mol. The van der Waals surface area contributed by atoms with Gasteiger partial charge >= 0.3 is 0 Å². The zero-order chi connectivity index (χ0) is 12.8. The normalized spacial score (nSPS) is 34.1. The van der Waals surface area contributed by atoms with E-state index in [1.54, 1.807) is 0 Å². The summed E-state index contributed by atoms with van der Waals surface area (Å²) >= 11 is 0. The lowest BCUT2D eigenvalue weighted by molar-refractivity contribution is -0.133. The van der Waals surface area contributed by atoms with E-state index < -0.39 is 0 Å². The van der Waals surface area contributed by atoms with Gasteiger partial charge in [0.05, 0.1) is 5.92 Å². The van der Waals surface area contributed by atoms with Crippen LogP contribution < -0.4 is 5.32 Å². The quantitative estimate of drug-likeness (QED) is 0.700. The fraction of sp³-hybridized carbons (Fsp3) is 0.929. The predicted octanol–water partition coefficient (Wildman–Crippen LogP) is 2.02. The van der Waals surface area contributed by atoms with Gasteiger partial charge < -0.3 is 5.32 Å². The maximum absolute atomic E-state index is 12.1. The number of piperidine rings is 1. The van der Waals surface area contributed by atoms with E-state index in [4.69, 9.17) is 0 Å². The molecule has 1 amide bonds. The summed E-state index contributed by atoms with van der Waals surface area (Å²) in [6.07, 6.45) is 2.19. The van der Waals surface area contributed by atoms with Crippen molar-refractivity contribution in [3.63, 3.8) is 0 Å². The molecule has 0 spiro atoms. The van der Waals surface area contributed by atoms with E-state index in [0.717, 1.165) is 25.9 Å². The molecule has 0 saturated carbocycles. The highest BCUT2D eigenvalue weighted by atomic mass is 16.2. The number of hydrogen-bond acceptors (Lipinski definition) is 2. The molecule has 2 unspecified atom stereocenters. The topological polar surface area (TPSA) is 32.3 Å². The van der Waals surface area contributed by atoms with Gasteiger partial charge in [0.25, 0.3) is 0 Å². The molecule has 0 aromatic carbocycles. The zero-order valence-corrected chi connectivity index (χ0v) is 11.8. The largest absolute Gasteiger partial charge is 0.353 e. The van der Waals surface area contributed by atoms with Crippen LogP contribution in [0.4, 0.5) is 0 Å². The van der Waals surface area contributed by atoms with Crippen molar-refractivity contribution in [3.05, 3.63) is 0 Å². The van der Waals surface area contributed by atoms with Gasteiger partial charge in [-0.05, 0) is 39.0 Å². The van der Waals surface area contributed by atoms with E-state index in [0.29, 0.717) is 6.04 Å². The molecule has 2 atom stereocenters. The van der Waals surface area contributed by atoms with Crippen molar-refractivity contribution in [2.24, 2.45) is 11.3 Å². The number of hydrogen-bond donors (Lipinski definition) is 1. The van der Waals surface area contributed by atoms with Crippen LogP contribution in [0.15, 0.2) is 0 Å². The first-order valence-electron chi connectivity index (χ1n) is 6.75. The minimum atomic E-state index is 0.148. The molecule has 3 saturated heterocycles. The molecule has 3 nitrogen and oxygen atoms in total. The van der Waals surface area contributed by atoms with Gasteiger partial charge in [-0.1, -0.05) is 13.8 Å². The number of amides is 1. The molecule has 0 aliphatic carbocycles. The number of nitrogens with one attached hydrogen (secondary N) is 1. The summed E-state index contributed by atoms with van der Waals surface area (Å²) in [4.78, 5) is 14.5. The average molecular weight is 238 g/mol. The van der Waals surface area contributed by atoms with Crippen LogP contribution in [0.3, 0.4) is 0 Å². The second kappa shape index (κ2) is 3.98. The van der Waals surface area contributed by atoms with Crippen molar-refractivity contribution in [3.8, 4) is 0 Å². The molecular weight excluding hydrogens is 212 g/mol. The zero-order valence-electron chi connectivity index (χ0n) is 11.8. The van der Waals surface area contributed by atoms with Crippen LogP contribution >= 0.6 is 0 Å². The van der Waals surface area contributed by atoms with Crippen molar-refractivity contribution in [2.45, 2.75) is 59.0 Å². The summed E-state index contributed by atoms with van der Waals surface area (Å²) in [5.41, 5.74) is 0.309. The maximum Gasteiger partial charge on any atom is 0.224 e. The number of carbonyl (C=O) groups excluding carboxylic acids is 1. The van der Waals surface area contributed by atoms with Crippen LogP contribution in [-0.2, 0) is 4.79 Å². The van der Waals surface area contributed by atoms with Crippen molar-refractivity contribution in [2.75, 3.05) is 13.1 Å². The smallest absolute Gasteiger partial charge is 0.224 e. The molecule has 3 heteroatoms. The summed E-state index contributed by atoms with van der Waals surface area (Å²) in [7, 11) is 0. The third-order valence-corrected chi connectivity index (χ3v) is 4.42. The van der Waals surface area contributed by atoms with E-state index in [2.05, 4.69) is 44.8 Å². The van der Waals surface area contributed by atoms with Gasteiger partial charge in [-0.2, -0.15) is 0 Å². The molecule has 17 heavy (non-hydrogen) atoms. The molecule has 0 aromatic heterocycles. The van der Waals surface area contributed by atoms with Crippen LogP contribution in [0, 0.1) is 11.3 Å². The Bertz CT molecular complexity index is 317. The van der Waals surface area contributed by atoms with E-state index in [-0.39, 0.29) is 22.8 Å². The van der Waals surface area contributed by atoms with E-state index in [9.17, 15) is 4.79 Å². The fourth-order valence-electron chi connectivity index (χ4n) is 3.06. The first-order chi connectivity index (χ1) is 7.70. The summed E-state index contributed by atoms with van der Waals surface area (Å²) in [5, 5.41) is 3.21. The molecule has 0 aromatic rings. The van der Waals surface area contributed by atoms with E-state index in [1.165, 1.54) is 0 Å². The molecule has 3 rings (SSSR count). The minimum absolute atomic E-state index is 0.148. The molecule has 3 aliphatic rings. The van der Waals surface area contributed by atoms with Crippen molar-refractivity contribution < 1.29 is 4.79 Å². The van der Waals surface area contributed by atoms with Crippen LogP contribution in [0.25, 0.3) is 0 Å². The Morgan fingerprint density at radius 2 is 1.94 bits per heavy atom. The Morgan fingerprint density at radius 1 is 1.29 bits per heavy atom. The SMILES string of the molecule is CC1(C)CN(C(C)(C)C)CC2CCC1NC2=O. The van der Waals surface area contributed by atoms with Crippen molar-refractivity contribution >= 4 is 5.91 Å². The molecule has 3 fully saturated rings. The van der Waals surface area contributed by atoms with Crippen LogP contribution in [-0.4, -0.2) is 35.5 Å². The predicted molar refractivity (Wildman–Crippen MR) is 69.8 cm³/mol. The Morgan fingerprint density at radius 3 is 2.47 bits per heavy atom. The molecule has 98 valence electrons. The molecule has 0 radical (unpaired) electrons. The Hall–Kier alpha value is -0.570. The van der Waals surface area contributed by atoms with Crippen LogP contribution in [0.1, 0.15) is 47.5 Å². The average Bonchev–Trinajstić information content (AvgIpc) is 2.15. The lowest BCUT2D eigenvalue weighted by Gasteiger charge is -2.50. The second-order valence-corrected chi connectivity index (χ2v) is 7.38. The summed E-state index contributed by atoms with van der Waals surface area (Å²) in [5.74, 6) is 0.463. The molecule has 3 aliphatic heterocycles. The minimum Gasteiger partial charge on any atom is -0.353 e. The van der Waals surface area contributed by atoms with Gasteiger partial charge in [-0.15, -0.1) is 0 Å². The number of nitrogens with zero attached hydrogens (tertiary/aromatic N) is 1. The molecule has 2 bridgehead atoms. The van der Waals surface area contributed by atoms with Gasteiger partial charge in [0.2, 0.25) is 5.91 Å². The van der Waals surface area contributed by atoms with Crippen LogP contribution in [0.2, 0.25) is 0 Å². The summed E-state index contributed by atoms with van der Waals surface area (Å²) in [6, 6.07) is 0.344.